The average Bonchev–Trinajstić information content (AvgIpc) is 3.40. The number of carbonyl (C=O) groups is 1. The number of unbranched alkanes of at least 4 members (excludes halogenated alkanes) is 1. The molecule has 2 bridgehead atoms. The Morgan fingerprint density at radius 1 is 1.25 bits per heavy atom. The van der Waals surface area contributed by atoms with Crippen molar-refractivity contribution < 1.29 is 40.8 Å². The number of quaternary nitrogens is 1. The van der Waals surface area contributed by atoms with Crippen LogP contribution in [0.5, 0.6) is 0 Å². The largest absolute Gasteiger partial charge is 1.00 e. The van der Waals surface area contributed by atoms with Crippen molar-refractivity contribution in [2.75, 3.05) is 20.2 Å². The fraction of sp³-hybridized carbons (Fsp3) is 0.667. The zero-order valence-corrected chi connectivity index (χ0v) is 19.8. The fourth-order valence-corrected chi connectivity index (χ4v) is 5.23. The highest BCUT2D eigenvalue weighted by Crippen LogP contribution is 2.52. The van der Waals surface area contributed by atoms with Crippen molar-refractivity contribution >= 4 is 23.0 Å². The van der Waals surface area contributed by atoms with Gasteiger partial charge in [0.05, 0.1) is 20.2 Å². The van der Waals surface area contributed by atoms with Crippen LogP contribution in [0.3, 0.4) is 0 Å². The molecule has 3 heterocycles. The summed E-state index contributed by atoms with van der Waals surface area (Å²) in [6.45, 7) is 3.20. The van der Waals surface area contributed by atoms with Crippen LogP contribution in [0.15, 0.2) is 30.3 Å². The molecule has 7 atom stereocenters. The first-order chi connectivity index (χ1) is 12.6. The second kappa shape index (κ2) is 9.56. The monoisotopic (exact) mass is 519 g/mol. The van der Waals surface area contributed by atoms with E-state index in [1.807, 2.05) is 30.3 Å². The molecule has 3 aliphatic heterocycles. The summed E-state index contributed by atoms with van der Waals surface area (Å²) < 4.78 is 12.9. The first-order valence-electron chi connectivity index (χ1n) is 9.95. The van der Waals surface area contributed by atoms with Crippen LogP contribution in [0.4, 0.5) is 0 Å². The minimum absolute atomic E-state index is 0. The van der Waals surface area contributed by atoms with Gasteiger partial charge in [-0.15, -0.1) is 17.0 Å². The van der Waals surface area contributed by atoms with Crippen molar-refractivity contribution in [1.82, 2.24) is 0 Å². The third-order valence-corrected chi connectivity index (χ3v) is 6.79. The van der Waals surface area contributed by atoms with E-state index in [-0.39, 0.29) is 52.6 Å². The van der Waals surface area contributed by atoms with Crippen molar-refractivity contribution in [3.8, 4) is 0 Å². The second-order valence-electron chi connectivity index (χ2n) is 8.30. The second-order valence-corrected chi connectivity index (χ2v) is 8.30. The van der Waals surface area contributed by atoms with Crippen molar-refractivity contribution in [2.24, 2.45) is 0 Å². The van der Waals surface area contributed by atoms with E-state index in [2.05, 4.69) is 14.0 Å². The molecule has 0 aliphatic carbocycles. The molecular formula is C21H31Br2NO4. The Bertz CT molecular complexity index is 641. The number of halogens is 2. The van der Waals surface area contributed by atoms with Crippen LogP contribution in [0.2, 0.25) is 0 Å². The number of likely N-dealkylation sites (N-methyl/N-ethyl adjacent to an activating group) is 1. The lowest BCUT2D eigenvalue weighted by molar-refractivity contribution is -0.956. The van der Waals surface area contributed by atoms with Crippen LogP contribution >= 0.6 is 17.0 Å². The predicted molar refractivity (Wildman–Crippen MR) is 108 cm³/mol. The van der Waals surface area contributed by atoms with Crippen LogP contribution in [0.1, 0.15) is 44.1 Å². The number of aliphatic hydroxyl groups is 1. The molecule has 0 amide bonds. The summed E-state index contributed by atoms with van der Waals surface area (Å²) in [5.41, 5.74) is 0.813. The highest BCUT2D eigenvalue weighted by Gasteiger charge is 2.71. The molecule has 28 heavy (non-hydrogen) atoms. The van der Waals surface area contributed by atoms with E-state index in [1.54, 1.807) is 0 Å². The maximum Gasteiger partial charge on any atom is 0.316 e. The molecule has 0 aromatic heterocycles. The normalized spacial score (nSPS) is 35.8. The topological polar surface area (TPSA) is 59.1 Å². The minimum atomic E-state index is -0.595. The molecule has 3 saturated heterocycles. The number of piperidine rings is 1. The Morgan fingerprint density at radius 3 is 2.39 bits per heavy atom. The van der Waals surface area contributed by atoms with Gasteiger partial charge in [-0.25, -0.2) is 0 Å². The summed E-state index contributed by atoms with van der Waals surface area (Å²) >= 11 is 0. The molecule has 1 aromatic carbocycles. The standard InChI is InChI=1S/C21H30NO4.2BrH/c1-3-4-10-22(2)17-11-15(12-18(22)20-19(17)26-20)25-21(24)16(13-23)14-8-6-5-7-9-14;;/h5-9,15-20,23H,3-4,10-13H2,1-2H3;2*1H/q+1;;/p-1/t15?,16-,17-,18+,19-,20+,22?;;/m1../s1. The van der Waals surface area contributed by atoms with E-state index < -0.39 is 5.92 Å². The van der Waals surface area contributed by atoms with E-state index in [1.165, 1.54) is 19.4 Å². The van der Waals surface area contributed by atoms with Crippen LogP contribution < -0.4 is 17.0 Å². The number of epoxide rings is 1. The van der Waals surface area contributed by atoms with Gasteiger partial charge < -0.3 is 36.0 Å². The van der Waals surface area contributed by atoms with E-state index in [9.17, 15) is 9.90 Å². The number of carbonyl (C=O) groups excluding carboxylic acids is 1. The van der Waals surface area contributed by atoms with Gasteiger partial charge in [0.2, 0.25) is 0 Å². The molecule has 0 saturated carbocycles. The van der Waals surface area contributed by atoms with Crippen molar-refractivity contribution in [1.29, 1.82) is 0 Å². The predicted octanol–water partition coefficient (Wildman–Crippen LogP) is -0.185. The lowest BCUT2D eigenvalue weighted by atomic mass is 9.94. The van der Waals surface area contributed by atoms with Gasteiger partial charge in [-0.1, -0.05) is 43.7 Å². The number of morpholine rings is 1. The highest BCUT2D eigenvalue weighted by molar-refractivity contribution is 8.93. The lowest BCUT2D eigenvalue weighted by Gasteiger charge is -2.48. The minimum Gasteiger partial charge on any atom is -1.00 e. The fourth-order valence-electron chi connectivity index (χ4n) is 5.23. The van der Waals surface area contributed by atoms with Crippen molar-refractivity contribution in [3.63, 3.8) is 0 Å². The summed E-state index contributed by atoms with van der Waals surface area (Å²) in [4.78, 5) is 12.7. The lowest BCUT2D eigenvalue weighted by Crippen LogP contribution is -3.00. The van der Waals surface area contributed by atoms with Gasteiger partial charge in [-0.3, -0.25) is 4.79 Å². The highest BCUT2D eigenvalue weighted by atomic mass is 79.9. The van der Waals surface area contributed by atoms with E-state index in [0.29, 0.717) is 24.3 Å². The zero-order chi connectivity index (χ0) is 18.3. The summed E-state index contributed by atoms with van der Waals surface area (Å²) in [5, 5.41) is 9.70. The number of hydrogen-bond acceptors (Lipinski definition) is 4. The van der Waals surface area contributed by atoms with Gasteiger partial charge in [0.15, 0.2) is 0 Å². The molecular weight excluding hydrogens is 490 g/mol. The van der Waals surface area contributed by atoms with Gasteiger partial charge >= 0.3 is 5.97 Å². The van der Waals surface area contributed by atoms with Crippen molar-refractivity contribution in [3.05, 3.63) is 35.9 Å². The van der Waals surface area contributed by atoms with E-state index in [4.69, 9.17) is 9.47 Å². The molecule has 7 heteroatoms. The molecule has 0 spiro atoms. The zero-order valence-electron chi connectivity index (χ0n) is 16.5. The number of aliphatic hydroxyl groups excluding tert-OH is 1. The van der Waals surface area contributed by atoms with E-state index >= 15 is 0 Å². The average molecular weight is 521 g/mol. The van der Waals surface area contributed by atoms with Crippen LogP contribution in [-0.4, -0.2) is 66.2 Å². The summed E-state index contributed by atoms with van der Waals surface area (Å²) in [6, 6.07) is 10.3. The Labute approximate surface area is 188 Å². The first kappa shape index (κ1) is 23.8. The van der Waals surface area contributed by atoms with Gasteiger partial charge in [0.25, 0.3) is 0 Å². The Morgan fingerprint density at radius 2 is 1.86 bits per heavy atom. The van der Waals surface area contributed by atoms with Gasteiger partial charge in [0, 0.05) is 12.8 Å². The summed E-state index contributed by atoms with van der Waals surface area (Å²) in [6.07, 6.45) is 4.83. The summed E-state index contributed by atoms with van der Waals surface area (Å²) in [5.74, 6) is -0.898. The molecule has 3 fully saturated rings. The Hall–Kier alpha value is -0.470. The molecule has 2 unspecified atom stereocenters. The number of nitrogens with zero attached hydrogens (tertiary/aromatic N) is 1. The molecule has 1 N–H and O–H groups in total. The smallest absolute Gasteiger partial charge is 0.316 e. The number of hydrogen-bond donors (Lipinski definition) is 1. The van der Waals surface area contributed by atoms with Crippen LogP contribution in [0, 0.1) is 0 Å². The molecule has 0 radical (unpaired) electrons. The van der Waals surface area contributed by atoms with Crippen LogP contribution in [-0.2, 0) is 14.3 Å². The number of ether oxygens (including phenoxy) is 2. The molecule has 158 valence electrons. The maximum atomic E-state index is 12.7. The van der Waals surface area contributed by atoms with Crippen molar-refractivity contribution in [2.45, 2.75) is 68.9 Å². The Balaban J connectivity index is 0.00000140. The SMILES string of the molecule is Br.CCCC[N+]1(C)[C@@H]2CC(OC(=O)[C@H](CO)c3ccccc3)C[C@H]1[C@@H]1O[C@@H]12.[Br-]. The number of benzene rings is 1. The van der Waals surface area contributed by atoms with E-state index in [0.717, 1.165) is 22.9 Å². The van der Waals surface area contributed by atoms with Gasteiger partial charge in [-0.2, -0.15) is 0 Å². The molecule has 4 rings (SSSR count). The van der Waals surface area contributed by atoms with Gasteiger partial charge in [0.1, 0.15) is 36.3 Å². The Kier molecular flexibility index (Phi) is 8.13. The molecule has 5 nitrogen and oxygen atoms in total. The van der Waals surface area contributed by atoms with Gasteiger partial charge in [-0.05, 0) is 12.0 Å². The number of fused-ring (bicyclic) bond motifs is 5. The summed E-state index contributed by atoms with van der Waals surface area (Å²) in [7, 11) is 2.36. The third kappa shape index (κ3) is 4.19. The molecule has 1 aromatic rings. The number of esters is 1. The van der Waals surface area contributed by atoms with Crippen LogP contribution in [0.25, 0.3) is 0 Å². The number of rotatable bonds is 7. The molecule has 3 aliphatic rings. The quantitative estimate of drug-likeness (QED) is 0.308. The third-order valence-electron chi connectivity index (χ3n) is 6.79. The first-order valence-corrected chi connectivity index (χ1v) is 9.95. The maximum absolute atomic E-state index is 12.7.